The number of anilines is 2. The highest BCUT2D eigenvalue weighted by Gasteiger charge is 2.08. The molecule has 0 bridgehead atoms. The van der Waals surface area contributed by atoms with Crippen LogP contribution in [-0.2, 0) is 0 Å². The third-order valence-electron chi connectivity index (χ3n) is 4.82. The van der Waals surface area contributed by atoms with Crippen molar-refractivity contribution in [2.75, 3.05) is 36.8 Å². The Labute approximate surface area is 170 Å². The van der Waals surface area contributed by atoms with Crippen molar-refractivity contribution in [3.05, 3.63) is 60.3 Å². The van der Waals surface area contributed by atoms with Crippen molar-refractivity contribution in [3.63, 3.8) is 0 Å². The number of aromatic amines is 1. The fourth-order valence-corrected chi connectivity index (χ4v) is 3.10. The Hall–Kier alpha value is -3.32. The zero-order valence-electron chi connectivity index (χ0n) is 16.8. The summed E-state index contributed by atoms with van der Waals surface area (Å²) in [4.78, 5) is 29.8. The third kappa shape index (κ3) is 5.58. The first-order valence-corrected chi connectivity index (χ1v) is 9.84. The molecular formula is C22H27N5O2. The fourth-order valence-electron chi connectivity index (χ4n) is 3.10. The topological polar surface area (TPSA) is 89.3 Å². The summed E-state index contributed by atoms with van der Waals surface area (Å²) in [5, 5.41) is 9.53. The van der Waals surface area contributed by atoms with E-state index in [1.165, 1.54) is 0 Å². The Morgan fingerprint density at radius 3 is 2.34 bits per heavy atom. The molecule has 0 aliphatic heterocycles. The number of hydrogen-bond donors (Lipinski definition) is 4. The number of carbonyl (C=O) groups excluding carboxylic acids is 2. The van der Waals surface area contributed by atoms with Crippen LogP contribution in [0.1, 0.15) is 24.2 Å². The van der Waals surface area contributed by atoms with Crippen LogP contribution in [0.4, 0.5) is 16.2 Å². The second-order valence-electron chi connectivity index (χ2n) is 6.72. The quantitative estimate of drug-likeness (QED) is 0.468. The van der Waals surface area contributed by atoms with Gasteiger partial charge < -0.3 is 25.8 Å². The highest BCUT2D eigenvalue weighted by atomic mass is 16.2. The van der Waals surface area contributed by atoms with Gasteiger partial charge in [-0.1, -0.05) is 13.8 Å². The lowest BCUT2D eigenvalue weighted by molar-refractivity contribution is 0.0949. The summed E-state index contributed by atoms with van der Waals surface area (Å²) in [6, 6.07) is 14.1. The molecule has 2 aromatic carbocycles. The number of carbonyl (C=O) groups is 2. The summed E-state index contributed by atoms with van der Waals surface area (Å²) in [6.07, 6.45) is 1.86. The van der Waals surface area contributed by atoms with E-state index in [1.54, 1.807) is 24.3 Å². The van der Waals surface area contributed by atoms with Gasteiger partial charge in [-0.3, -0.25) is 4.79 Å². The fraction of sp³-hybridized carbons (Fsp3) is 0.273. The molecule has 0 saturated heterocycles. The van der Waals surface area contributed by atoms with E-state index >= 15 is 0 Å². The van der Waals surface area contributed by atoms with Crippen LogP contribution in [0.3, 0.4) is 0 Å². The minimum atomic E-state index is -0.337. The first-order valence-electron chi connectivity index (χ1n) is 9.84. The lowest BCUT2D eigenvalue weighted by Crippen LogP contribution is -2.34. The van der Waals surface area contributed by atoms with Crippen molar-refractivity contribution in [3.8, 4) is 0 Å². The smallest absolute Gasteiger partial charge is 0.323 e. The minimum absolute atomic E-state index is 0.118. The third-order valence-corrected chi connectivity index (χ3v) is 4.82. The van der Waals surface area contributed by atoms with E-state index in [9.17, 15) is 9.59 Å². The van der Waals surface area contributed by atoms with Crippen LogP contribution in [0.5, 0.6) is 0 Å². The van der Waals surface area contributed by atoms with Crippen molar-refractivity contribution in [2.24, 2.45) is 0 Å². The normalized spacial score (nSPS) is 10.9. The summed E-state index contributed by atoms with van der Waals surface area (Å²) in [5.74, 6) is -0.118. The Bertz CT molecular complexity index is 961. The van der Waals surface area contributed by atoms with E-state index in [4.69, 9.17) is 0 Å². The lowest BCUT2D eigenvalue weighted by atomic mass is 10.2. The zero-order valence-corrected chi connectivity index (χ0v) is 16.8. The molecule has 29 heavy (non-hydrogen) atoms. The number of hydrogen-bond acceptors (Lipinski definition) is 3. The number of nitrogens with one attached hydrogen (secondary N) is 4. The molecular weight excluding hydrogens is 366 g/mol. The molecule has 0 spiro atoms. The van der Waals surface area contributed by atoms with E-state index in [0.29, 0.717) is 23.5 Å². The molecule has 4 N–H and O–H groups in total. The van der Waals surface area contributed by atoms with Gasteiger partial charge >= 0.3 is 6.03 Å². The van der Waals surface area contributed by atoms with Crippen molar-refractivity contribution in [2.45, 2.75) is 13.8 Å². The SMILES string of the molecule is CCN(CC)CCNC(=O)c1ccc(NC(=O)Nc2ccc3[nH]ccc3c2)cc1. The molecule has 3 amide bonds. The molecule has 0 fully saturated rings. The number of benzene rings is 2. The van der Waals surface area contributed by atoms with Crippen molar-refractivity contribution >= 4 is 34.2 Å². The van der Waals surface area contributed by atoms with Crippen molar-refractivity contribution in [1.82, 2.24) is 15.2 Å². The number of H-pyrrole nitrogens is 1. The van der Waals surface area contributed by atoms with Gasteiger partial charge in [0.25, 0.3) is 5.91 Å². The van der Waals surface area contributed by atoms with Gasteiger partial charge in [-0.05, 0) is 61.6 Å². The molecule has 7 nitrogen and oxygen atoms in total. The van der Waals surface area contributed by atoms with E-state index in [-0.39, 0.29) is 11.9 Å². The molecule has 0 radical (unpaired) electrons. The van der Waals surface area contributed by atoms with Gasteiger partial charge in [0.2, 0.25) is 0 Å². The summed E-state index contributed by atoms with van der Waals surface area (Å²) in [6.45, 7) is 7.57. The number of nitrogens with zero attached hydrogens (tertiary/aromatic N) is 1. The Morgan fingerprint density at radius 2 is 1.62 bits per heavy atom. The van der Waals surface area contributed by atoms with Crippen LogP contribution >= 0.6 is 0 Å². The van der Waals surface area contributed by atoms with Crippen LogP contribution in [0, 0.1) is 0 Å². The predicted molar refractivity (Wildman–Crippen MR) is 118 cm³/mol. The van der Waals surface area contributed by atoms with Gasteiger partial charge in [-0.15, -0.1) is 0 Å². The van der Waals surface area contributed by atoms with Crippen LogP contribution in [0.2, 0.25) is 0 Å². The van der Waals surface area contributed by atoms with Gasteiger partial charge in [0.15, 0.2) is 0 Å². The molecule has 0 aliphatic rings. The predicted octanol–water partition coefficient (Wildman–Crippen LogP) is 3.88. The summed E-state index contributed by atoms with van der Waals surface area (Å²) >= 11 is 0. The van der Waals surface area contributed by atoms with Gasteiger partial charge in [-0.25, -0.2) is 4.79 Å². The van der Waals surface area contributed by atoms with Crippen LogP contribution in [-0.4, -0.2) is 48.0 Å². The van der Waals surface area contributed by atoms with Crippen LogP contribution < -0.4 is 16.0 Å². The van der Waals surface area contributed by atoms with Gasteiger partial charge in [0, 0.05) is 47.1 Å². The van der Waals surface area contributed by atoms with E-state index < -0.39 is 0 Å². The molecule has 3 aromatic rings. The van der Waals surface area contributed by atoms with Crippen LogP contribution in [0.15, 0.2) is 54.7 Å². The number of fused-ring (bicyclic) bond motifs is 1. The molecule has 0 atom stereocenters. The summed E-state index contributed by atoms with van der Waals surface area (Å²) in [7, 11) is 0. The number of amides is 3. The maximum absolute atomic E-state index is 12.2. The standard InChI is InChI=1S/C22H27N5O2/c1-3-27(4-2)14-13-24-21(28)16-5-7-18(8-6-16)25-22(29)26-19-9-10-20-17(15-19)11-12-23-20/h5-12,15,23H,3-4,13-14H2,1-2H3,(H,24,28)(H2,25,26,29). The number of urea groups is 1. The molecule has 1 heterocycles. The number of aromatic nitrogens is 1. The monoisotopic (exact) mass is 393 g/mol. The van der Waals surface area contributed by atoms with E-state index in [2.05, 4.69) is 39.7 Å². The zero-order chi connectivity index (χ0) is 20.6. The second-order valence-corrected chi connectivity index (χ2v) is 6.72. The Kier molecular flexibility index (Phi) is 6.86. The largest absolute Gasteiger partial charge is 0.361 e. The Balaban J connectivity index is 1.50. The van der Waals surface area contributed by atoms with E-state index in [0.717, 1.165) is 30.5 Å². The molecule has 3 rings (SSSR count). The summed E-state index contributed by atoms with van der Waals surface area (Å²) in [5.41, 5.74) is 2.90. The molecule has 0 unspecified atom stereocenters. The van der Waals surface area contributed by atoms with Gasteiger partial charge in [-0.2, -0.15) is 0 Å². The van der Waals surface area contributed by atoms with Crippen LogP contribution in [0.25, 0.3) is 10.9 Å². The average molecular weight is 393 g/mol. The number of rotatable bonds is 8. The molecule has 0 saturated carbocycles. The summed E-state index contributed by atoms with van der Waals surface area (Å²) < 4.78 is 0. The van der Waals surface area contributed by atoms with Crippen molar-refractivity contribution in [1.29, 1.82) is 0 Å². The lowest BCUT2D eigenvalue weighted by Gasteiger charge is -2.18. The molecule has 0 aliphatic carbocycles. The van der Waals surface area contributed by atoms with Gasteiger partial charge in [0.05, 0.1) is 0 Å². The highest BCUT2D eigenvalue weighted by molar-refractivity contribution is 6.01. The average Bonchev–Trinajstić information content (AvgIpc) is 3.19. The van der Waals surface area contributed by atoms with E-state index in [1.807, 2.05) is 30.5 Å². The van der Waals surface area contributed by atoms with Crippen molar-refractivity contribution < 1.29 is 9.59 Å². The second kappa shape index (κ2) is 9.75. The maximum atomic E-state index is 12.2. The molecule has 152 valence electrons. The highest BCUT2D eigenvalue weighted by Crippen LogP contribution is 2.18. The van der Waals surface area contributed by atoms with Gasteiger partial charge in [0.1, 0.15) is 0 Å². The maximum Gasteiger partial charge on any atom is 0.323 e. The molecule has 7 heteroatoms. The minimum Gasteiger partial charge on any atom is -0.361 e. The number of likely N-dealkylation sites (N-methyl/N-ethyl adjacent to an activating group) is 1. The molecule has 1 aromatic heterocycles. The first kappa shape index (κ1) is 20.4. The first-order chi connectivity index (χ1) is 14.1. The Morgan fingerprint density at radius 1 is 0.931 bits per heavy atom.